The maximum Gasteiger partial charge on any atom is 0.284 e. The molecule has 0 heterocycles. The maximum absolute atomic E-state index is 11.8. The Labute approximate surface area is 121 Å². The van der Waals surface area contributed by atoms with Crippen molar-refractivity contribution in [2.45, 2.75) is 6.42 Å². The van der Waals surface area contributed by atoms with Crippen LogP contribution in [-0.4, -0.2) is 33.6 Å². The van der Waals surface area contributed by atoms with Gasteiger partial charge in [0.2, 0.25) is 0 Å². The van der Waals surface area contributed by atoms with Gasteiger partial charge in [0.1, 0.15) is 0 Å². The largest absolute Gasteiger partial charge is 0.352 e. The molecule has 0 fully saturated rings. The first kappa shape index (κ1) is 15.8. The molecule has 1 atom stereocenters. The van der Waals surface area contributed by atoms with Gasteiger partial charge in [-0.15, -0.1) is 0 Å². The van der Waals surface area contributed by atoms with Gasteiger partial charge in [-0.2, -0.15) is 0 Å². The first-order valence-corrected chi connectivity index (χ1v) is 7.96. The third-order valence-corrected chi connectivity index (χ3v) is 3.83. The van der Waals surface area contributed by atoms with Crippen LogP contribution in [-0.2, 0) is 10.8 Å². The monoisotopic (exact) mass is 348 g/mol. The third kappa shape index (κ3) is 5.07. The highest BCUT2D eigenvalue weighted by atomic mass is 79.9. The number of benzene rings is 1. The Morgan fingerprint density at radius 2 is 2.21 bits per heavy atom. The number of carbonyl (C=O) groups is 1. The van der Waals surface area contributed by atoms with E-state index in [1.807, 2.05) is 0 Å². The first-order chi connectivity index (χ1) is 8.91. The Morgan fingerprint density at radius 3 is 2.79 bits per heavy atom. The number of rotatable bonds is 6. The van der Waals surface area contributed by atoms with E-state index in [0.717, 1.165) is 0 Å². The average molecular weight is 349 g/mol. The summed E-state index contributed by atoms with van der Waals surface area (Å²) in [6.45, 7) is 0.391. The lowest BCUT2D eigenvalue weighted by Crippen LogP contribution is -2.25. The summed E-state index contributed by atoms with van der Waals surface area (Å²) in [4.78, 5) is 21.9. The van der Waals surface area contributed by atoms with Gasteiger partial charge in [0.25, 0.3) is 11.6 Å². The summed E-state index contributed by atoms with van der Waals surface area (Å²) in [7, 11) is -0.885. The molecule has 1 rings (SSSR count). The fourth-order valence-electron chi connectivity index (χ4n) is 1.37. The summed E-state index contributed by atoms with van der Waals surface area (Å²) >= 11 is 3.05. The van der Waals surface area contributed by atoms with E-state index in [1.165, 1.54) is 18.2 Å². The Bertz CT molecular complexity index is 521. The van der Waals surface area contributed by atoms with E-state index in [-0.39, 0.29) is 17.2 Å². The predicted molar refractivity (Wildman–Crippen MR) is 76.7 cm³/mol. The highest BCUT2D eigenvalue weighted by Gasteiger charge is 2.15. The highest BCUT2D eigenvalue weighted by Crippen LogP contribution is 2.25. The second-order valence-corrected chi connectivity index (χ2v) is 6.22. The van der Waals surface area contributed by atoms with Crippen LogP contribution in [0.25, 0.3) is 0 Å². The number of nitro benzene ring substituents is 1. The number of nitro groups is 1. The summed E-state index contributed by atoms with van der Waals surface area (Å²) in [5, 5.41) is 13.4. The van der Waals surface area contributed by atoms with Crippen molar-refractivity contribution in [3.8, 4) is 0 Å². The Hall–Kier alpha value is -1.28. The van der Waals surface area contributed by atoms with Crippen LogP contribution in [0.3, 0.4) is 0 Å². The molecule has 0 radical (unpaired) electrons. The quantitative estimate of drug-likeness (QED) is 0.482. The van der Waals surface area contributed by atoms with Crippen molar-refractivity contribution in [3.05, 3.63) is 38.3 Å². The molecule has 0 saturated heterocycles. The number of amides is 1. The molecule has 0 bridgehead atoms. The van der Waals surface area contributed by atoms with Crippen LogP contribution in [0.15, 0.2) is 22.7 Å². The molecular weight excluding hydrogens is 336 g/mol. The highest BCUT2D eigenvalue weighted by molar-refractivity contribution is 9.10. The lowest BCUT2D eigenvalue weighted by Gasteiger charge is -2.05. The summed E-state index contributed by atoms with van der Waals surface area (Å²) in [6, 6.07) is 4.19. The Morgan fingerprint density at radius 1 is 1.53 bits per heavy atom. The molecular formula is C11H13BrN2O4S. The second kappa shape index (κ2) is 7.34. The number of nitrogens with zero attached hydrogens (tertiary/aromatic N) is 1. The average Bonchev–Trinajstić information content (AvgIpc) is 2.34. The normalized spacial score (nSPS) is 11.9. The van der Waals surface area contributed by atoms with E-state index >= 15 is 0 Å². The van der Waals surface area contributed by atoms with E-state index in [4.69, 9.17) is 0 Å². The van der Waals surface area contributed by atoms with Gasteiger partial charge >= 0.3 is 0 Å². The number of halogens is 1. The van der Waals surface area contributed by atoms with E-state index in [1.54, 1.807) is 6.26 Å². The lowest BCUT2D eigenvalue weighted by atomic mass is 10.2. The topological polar surface area (TPSA) is 89.3 Å². The van der Waals surface area contributed by atoms with E-state index in [2.05, 4.69) is 21.2 Å². The molecule has 0 aromatic heterocycles. The van der Waals surface area contributed by atoms with Crippen molar-refractivity contribution in [3.63, 3.8) is 0 Å². The van der Waals surface area contributed by atoms with Crippen LogP contribution >= 0.6 is 15.9 Å². The third-order valence-electron chi connectivity index (χ3n) is 2.30. The van der Waals surface area contributed by atoms with Gasteiger partial charge in [-0.3, -0.25) is 19.1 Å². The lowest BCUT2D eigenvalue weighted by molar-refractivity contribution is -0.385. The van der Waals surface area contributed by atoms with Crippen molar-refractivity contribution in [1.82, 2.24) is 5.32 Å². The molecule has 1 amide bonds. The van der Waals surface area contributed by atoms with Crippen LogP contribution < -0.4 is 5.32 Å². The van der Waals surface area contributed by atoms with E-state index in [9.17, 15) is 19.1 Å². The zero-order valence-electron chi connectivity index (χ0n) is 10.2. The van der Waals surface area contributed by atoms with Crippen molar-refractivity contribution >= 4 is 38.3 Å². The minimum absolute atomic E-state index is 0.151. The fourth-order valence-corrected chi connectivity index (χ4v) is 2.32. The number of carbonyl (C=O) groups excluding carboxylic acids is 1. The van der Waals surface area contributed by atoms with Gasteiger partial charge < -0.3 is 5.32 Å². The Balaban J connectivity index is 2.65. The van der Waals surface area contributed by atoms with Gasteiger partial charge in [-0.25, -0.2) is 0 Å². The molecule has 0 aliphatic heterocycles. The second-order valence-electron chi connectivity index (χ2n) is 3.81. The number of nitrogens with one attached hydrogen (secondary N) is 1. The standard InChI is InChI=1S/C11H13BrN2O4S/c1-19(18)6-2-5-13-11(15)8-3-4-9(12)10(7-8)14(16)17/h3-4,7H,2,5-6H2,1H3,(H,13,15). The number of hydrogen-bond donors (Lipinski definition) is 1. The van der Waals surface area contributed by atoms with Gasteiger partial charge in [-0.1, -0.05) is 0 Å². The van der Waals surface area contributed by atoms with Gasteiger partial charge in [0, 0.05) is 41.0 Å². The summed E-state index contributed by atoms with van der Waals surface area (Å²) in [5.41, 5.74) is 0.0785. The summed E-state index contributed by atoms with van der Waals surface area (Å²) in [6.07, 6.45) is 2.20. The smallest absolute Gasteiger partial charge is 0.284 e. The maximum atomic E-state index is 11.8. The van der Waals surface area contributed by atoms with Gasteiger partial charge in [-0.05, 0) is 34.5 Å². The Kier molecular flexibility index (Phi) is 6.10. The molecule has 8 heteroatoms. The molecule has 6 nitrogen and oxygen atoms in total. The molecule has 0 spiro atoms. The molecule has 1 aromatic rings. The molecule has 0 aliphatic carbocycles. The fraction of sp³-hybridized carbons (Fsp3) is 0.364. The number of hydrogen-bond acceptors (Lipinski definition) is 4. The summed E-state index contributed by atoms with van der Waals surface area (Å²) < 4.78 is 11.2. The van der Waals surface area contributed by atoms with Crippen molar-refractivity contribution in [1.29, 1.82) is 0 Å². The van der Waals surface area contributed by atoms with Crippen molar-refractivity contribution < 1.29 is 13.9 Å². The molecule has 0 aliphatic rings. The van der Waals surface area contributed by atoms with E-state index < -0.39 is 15.7 Å². The summed E-state index contributed by atoms with van der Waals surface area (Å²) in [5.74, 6) is 0.137. The molecule has 19 heavy (non-hydrogen) atoms. The van der Waals surface area contributed by atoms with Crippen molar-refractivity contribution in [2.75, 3.05) is 18.6 Å². The minimum Gasteiger partial charge on any atom is -0.352 e. The zero-order chi connectivity index (χ0) is 14.4. The zero-order valence-corrected chi connectivity index (χ0v) is 12.6. The van der Waals surface area contributed by atoms with Crippen molar-refractivity contribution in [2.24, 2.45) is 0 Å². The van der Waals surface area contributed by atoms with Crippen LogP contribution in [0, 0.1) is 10.1 Å². The molecule has 1 N–H and O–H groups in total. The molecule has 1 unspecified atom stereocenters. The van der Waals surface area contributed by atoms with Gasteiger partial charge in [0.15, 0.2) is 0 Å². The SMILES string of the molecule is CS(=O)CCCNC(=O)c1ccc(Br)c([N+](=O)[O-])c1. The first-order valence-electron chi connectivity index (χ1n) is 5.44. The molecule has 0 saturated carbocycles. The van der Waals surface area contributed by atoms with Crippen LogP contribution in [0.1, 0.15) is 16.8 Å². The minimum atomic E-state index is -0.885. The molecule has 104 valence electrons. The molecule has 1 aromatic carbocycles. The van der Waals surface area contributed by atoms with E-state index in [0.29, 0.717) is 23.2 Å². The van der Waals surface area contributed by atoms with Crippen LogP contribution in [0.5, 0.6) is 0 Å². The van der Waals surface area contributed by atoms with Crippen LogP contribution in [0.2, 0.25) is 0 Å². The van der Waals surface area contributed by atoms with Crippen LogP contribution in [0.4, 0.5) is 5.69 Å². The predicted octanol–water partition coefficient (Wildman–Crippen LogP) is 1.86. The van der Waals surface area contributed by atoms with Gasteiger partial charge in [0.05, 0.1) is 9.40 Å².